The van der Waals surface area contributed by atoms with Crippen molar-refractivity contribution in [2.24, 2.45) is 5.41 Å². The van der Waals surface area contributed by atoms with E-state index in [4.69, 9.17) is 0 Å². The maximum absolute atomic E-state index is 11.6. The van der Waals surface area contributed by atoms with E-state index < -0.39 is 9.84 Å². The van der Waals surface area contributed by atoms with Crippen LogP contribution in [0.25, 0.3) is 0 Å². The van der Waals surface area contributed by atoms with Crippen molar-refractivity contribution in [2.45, 2.75) is 31.1 Å². The first kappa shape index (κ1) is 12.4. The molecule has 2 rings (SSSR count). The number of sulfone groups is 1. The monoisotopic (exact) mass is 253 g/mol. The van der Waals surface area contributed by atoms with Crippen LogP contribution >= 0.6 is 0 Å². The number of rotatable bonds is 4. The summed E-state index contributed by atoms with van der Waals surface area (Å²) in [6, 6.07) is 7.10. The molecule has 1 saturated carbocycles. The van der Waals surface area contributed by atoms with Crippen molar-refractivity contribution in [1.29, 1.82) is 0 Å². The molecule has 0 aliphatic heterocycles. The molecule has 0 aromatic heterocycles. The SMILES string of the molecule is CC1(CNc2ccccc2S(C)(=O)=O)CCC1. The van der Waals surface area contributed by atoms with Crippen molar-refractivity contribution in [3.8, 4) is 0 Å². The molecule has 1 fully saturated rings. The minimum Gasteiger partial charge on any atom is -0.383 e. The molecular formula is C13H19NO2S. The van der Waals surface area contributed by atoms with Crippen LogP contribution in [0.4, 0.5) is 5.69 Å². The third kappa shape index (κ3) is 2.80. The van der Waals surface area contributed by atoms with Crippen molar-refractivity contribution in [3.63, 3.8) is 0 Å². The zero-order valence-electron chi connectivity index (χ0n) is 10.4. The first-order chi connectivity index (χ1) is 7.91. The molecule has 1 aromatic rings. The van der Waals surface area contributed by atoms with E-state index in [0.29, 0.717) is 10.3 Å². The maximum Gasteiger partial charge on any atom is 0.177 e. The van der Waals surface area contributed by atoms with Gasteiger partial charge in [-0.15, -0.1) is 0 Å². The van der Waals surface area contributed by atoms with Crippen LogP contribution in [-0.2, 0) is 9.84 Å². The third-order valence-corrected chi connectivity index (χ3v) is 4.71. The van der Waals surface area contributed by atoms with E-state index in [1.807, 2.05) is 12.1 Å². The van der Waals surface area contributed by atoms with Gasteiger partial charge in [-0.25, -0.2) is 8.42 Å². The number of hydrogen-bond acceptors (Lipinski definition) is 3. The van der Waals surface area contributed by atoms with E-state index in [2.05, 4.69) is 12.2 Å². The van der Waals surface area contributed by atoms with Crippen molar-refractivity contribution in [3.05, 3.63) is 24.3 Å². The Bertz CT molecular complexity index is 504. The minimum absolute atomic E-state index is 0.338. The number of anilines is 1. The van der Waals surface area contributed by atoms with Gasteiger partial charge in [0.25, 0.3) is 0 Å². The van der Waals surface area contributed by atoms with Gasteiger partial charge in [-0.3, -0.25) is 0 Å². The zero-order valence-corrected chi connectivity index (χ0v) is 11.2. The zero-order chi connectivity index (χ0) is 12.5. The van der Waals surface area contributed by atoms with E-state index >= 15 is 0 Å². The fraction of sp³-hybridized carbons (Fsp3) is 0.538. The summed E-state index contributed by atoms with van der Waals surface area (Å²) in [5, 5.41) is 3.28. The summed E-state index contributed by atoms with van der Waals surface area (Å²) in [6.45, 7) is 3.09. The van der Waals surface area contributed by atoms with Crippen LogP contribution in [0.3, 0.4) is 0 Å². The summed E-state index contributed by atoms with van der Waals surface area (Å²) in [5.41, 5.74) is 1.06. The standard InChI is InChI=1S/C13H19NO2S/c1-13(8-5-9-13)10-14-11-6-3-4-7-12(11)17(2,15)16/h3-4,6-7,14H,5,8-10H2,1-2H3. The Morgan fingerprint density at radius 3 is 2.47 bits per heavy atom. The molecule has 3 nitrogen and oxygen atoms in total. The van der Waals surface area contributed by atoms with Crippen molar-refractivity contribution in [2.75, 3.05) is 18.1 Å². The van der Waals surface area contributed by atoms with Gasteiger partial charge in [-0.2, -0.15) is 0 Å². The van der Waals surface area contributed by atoms with Crippen LogP contribution in [-0.4, -0.2) is 21.2 Å². The molecule has 0 amide bonds. The summed E-state index contributed by atoms with van der Waals surface area (Å²) in [7, 11) is -3.15. The van der Waals surface area contributed by atoms with Crippen LogP contribution < -0.4 is 5.32 Å². The number of nitrogens with one attached hydrogen (secondary N) is 1. The Hall–Kier alpha value is -1.03. The highest BCUT2D eigenvalue weighted by Crippen LogP contribution is 2.40. The minimum atomic E-state index is -3.15. The Labute approximate surface area is 103 Å². The molecule has 94 valence electrons. The van der Waals surface area contributed by atoms with E-state index in [-0.39, 0.29) is 0 Å². The highest BCUT2D eigenvalue weighted by molar-refractivity contribution is 7.90. The van der Waals surface area contributed by atoms with Gasteiger partial charge in [0.05, 0.1) is 10.6 Å². The molecule has 1 aliphatic carbocycles. The van der Waals surface area contributed by atoms with Gasteiger partial charge in [0, 0.05) is 12.8 Å². The quantitative estimate of drug-likeness (QED) is 0.897. The number of hydrogen-bond donors (Lipinski definition) is 1. The molecule has 0 radical (unpaired) electrons. The second-order valence-corrected chi connectivity index (χ2v) is 7.27. The third-order valence-electron chi connectivity index (χ3n) is 3.55. The first-order valence-corrected chi connectivity index (χ1v) is 7.83. The topological polar surface area (TPSA) is 46.2 Å². The summed E-state index contributed by atoms with van der Waals surface area (Å²) in [6.07, 6.45) is 4.98. The highest BCUT2D eigenvalue weighted by atomic mass is 32.2. The van der Waals surface area contributed by atoms with Gasteiger partial charge in [0.15, 0.2) is 9.84 Å². The average molecular weight is 253 g/mol. The smallest absolute Gasteiger partial charge is 0.177 e. The summed E-state index contributed by atoms with van der Waals surface area (Å²) < 4.78 is 23.2. The molecule has 0 saturated heterocycles. The molecule has 0 bridgehead atoms. The van der Waals surface area contributed by atoms with Gasteiger partial charge >= 0.3 is 0 Å². The van der Waals surface area contributed by atoms with Crippen molar-refractivity contribution in [1.82, 2.24) is 0 Å². The van der Waals surface area contributed by atoms with Gasteiger partial charge in [0.1, 0.15) is 0 Å². The molecule has 1 aliphatic rings. The highest BCUT2D eigenvalue weighted by Gasteiger charge is 2.31. The Kier molecular flexibility index (Phi) is 3.17. The molecule has 1 N–H and O–H groups in total. The number of para-hydroxylation sites is 1. The van der Waals surface area contributed by atoms with Crippen molar-refractivity contribution < 1.29 is 8.42 Å². The lowest BCUT2D eigenvalue weighted by Crippen LogP contribution is -2.33. The normalized spacial score (nSPS) is 18.5. The first-order valence-electron chi connectivity index (χ1n) is 5.94. The predicted molar refractivity (Wildman–Crippen MR) is 70.0 cm³/mol. The predicted octanol–water partition coefficient (Wildman–Crippen LogP) is 2.69. The largest absolute Gasteiger partial charge is 0.383 e. The molecule has 1 aromatic carbocycles. The lowest BCUT2D eigenvalue weighted by atomic mass is 9.70. The number of benzene rings is 1. The Morgan fingerprint density at radius 1 is 1.29 bits per heavy atom. The van der Waals surface area contributed by atoms with Crippen LogP contribution in [0.2, 0.25) is 0 Å². The lowest BCUT2D eigenvalue weighted by molar-refractivity contribution is 0.180. The lowest BCUT2D eigenvalue weighted by Gasteiger charge is -2.38. The van der Waals surface area contributed by atoms with E-state index in [9.17, 15) is 8.42 Å². The average Bonchev–Trinajstić information content (AvgIpc) is 2.23. The van der Waals surface area contributed by atoms with Crippen LogP contribution in [0, 0.1) is 5.41 Å². The van der Waals surface area contributed by atoms with Crippen LogP contribution in [0.5, 0.6) is 0 Å². The molecular weight excluding hydrogens is 234 g/mol. The van der Waals surface area contributed by atoms with Crippen LogP contribution in [0.1, 0.15) is 26.2 Å². The molecule has 0 spiro atoms. The fourth-order valence-corrected chi connectivity index (χ4v) is 3.07. The van der Waals surface area contributed by atoms with E-state index in [0.717, 1.165) is 12.2 Å². The molecule has 0 unspecified atom stereocenters. The summed E-state index contributed by atoms with van der Waals surface area (Å²) >= 11 is 0. The van der Waals surface area contributed by atoms with Gasteiger partial charge in [-0.1, -0.05) is 25.5 Å². The molecule has 0 atom stereocenters. The maximum atomic E-state index is 11.6. The Morgan fingerprint density at radius 2 is 1.94 bits per heavy atom. The molecule has 4 heteroatoms. The Balaban J connectivity index is 2.16. The van der Waals surface area contributed by atoms with Crippen molar-refractivity contribution >= 4 is 15.5 Å². The molecule has 17 heavy (non-hydrogen) atoms. The van der Waals surface area contributed by atoms with Gasteiger partial charge in [0.2, 0.25) is 0 Å². The van der Waals surface area contributed by atoms with Crippen LogP contribution in [0.15, 0.2) is 29.2 Å². The van der Waals surface area contributed by atoms with E-state index in [1.54, 1.807) is 12.1 Å². The van der Waals surface area contributed by atoms with Gasteiger partial charge in [-0.05, 0) is 30.4 Å². The summed E-state index contributed by atoms with van der Waals surface area (Å²) in [4.78, 5) is 0.392. The second kappa shape index (κ2) is 4.33. The summed E-state index contributed by atoms with van der Waals surface area (Å²) in [5.74, 6) is 0. The van der Waals surface area contributed by atoms with E-state index in [1.165, 1.54) is 25.5 Å². The molecule has 0 heterocycles. The second-order valence-electron chi connectivity index (χ2n) is 5.29. The van der Waals surface area contributed by atoms with Gasteiger partial charge < -0.3 is 5.32 Å². The fourth-order valence-electron chi connectivity index (χ4n) is 2.20.